The van der Waals surface area contributed by atoms with Gasteiger partial charge in [-0.3, -0.25) is 9.59 Å². The molecule has 1 fully saturated rings. The molecular weight excluding hydrogens is 396 g/mol. The molecule has 1 aliphatic heterocycles. The molecule has 0 aliphatic carbocycles. The van der Waals surface area contributed by atoms with Gasteiger partial charge in [0, 0.05) is 37.7 Å². The van der Waals surface area contributed by atoms with Crippen LogP contribution in [0.3, 0.4) is 0 Å². The Morgan fingerprint density at radius 2 is 1.78 bits per heavy atom. The molecule has 2 amide bonds. The molecule has 0 spiro atoms. The quantitative estimate of drug-likeness (QED) is 0.821. The Morgan fingerprint density at radius 1 is 1.26 bits per heavy atom. The van der Waals surface area contributed by atoms with E-state index in [4.69, 9.17) is 0 Å². The zero-order valence-electron chi connectivity index (χ0n) is 12.4. The van der Waals surface area contributed by atoms with Gasteiger partial charge in [0.25, 0.3) is 5.91 Å². The van der Waals surface area contributed by atoms with Gasteiger partial charge in [0.05, 0.1) is 6.54 Å². The van der Waals surface area contributed by atoms with Crippen LogP contribution in [0, 0.1) is 11.6 Å². The average molecular weight is 413 g/mol. The Kier molecular flexibility index (Phi) is 7.37. The van der Waals surface area contributed by atoms with Gasteiger partial charge in [-0.25, -0.2) is 8.78 Å². The summed E-state index contributed by atoms with van der Waals surface area (Å²) in [5.41, 5.74) is -0.654. The summed E-state index contributed by atoms with van der Waals surface area (Å²) in [5.74, 6) is -3.02. The minimum atomic E-state index is -0.960. The van der Waals surface area contributed by atoms with Crippen molar-refractivity contribution in [3.8, 4) is 0 Å². The van der Waals surface area contributed by atoms with Crippen molar-refractivity contribution in [1.82, 2.24) is 15.1 Å². The second kappa shape index (κ2) is 8.56. The van der Waals surface area contributed by atoms with E-state index in [2.05, 4.69) is 21.2 Å². The molecule has 9 heteroatoms. The smallest absolute Gasteiger partial charge is 0.260 e. The second-order valence-corrected chi connectivity index (χ2v) is 5.95. The summed E-state index contributed by atoms with van der Waals surface area (Å²) in [6.07, 6.45) is 0. The van der Waals surface area contributed by atoms with Crippen molar-refractivity contribution in [1.29, 1.82) is 0 Å². The van der Waals surface area contributed by atoms with E-state index in [0.717, 1.165) is 17.0 Å². The van der Waals surface area contributed by atoms with Crippen LogP contribution in [-0.2, 0) is 4.79 Å². The Balaban J connectivity index is 0.00000264. The highest BCUT2D eigenvalue weighted by atomic mass is 79.9. The lowest BCUT2D eigenvalue weighted by molar-refractivity contribution is -0.132. The predicted molar refractivity (Wildman–Crippen MR) is 87.7 cm³/mol. The van der Waals surface area contributed by atoms with Gasteiger partial charge >= 0.3 is 0 Å². The summed E-state index contributed by atoms with van der Waals surface area (Å²) in [5, 5.41) is 3.11. The first-order chi connectivity index (χ1) is 10.4. The first-order valence-electron chi connectivity index (χ1n) is 6.78. The third-order valence-corrected chi connectivity index (χ3v) is 3.87. The van der Waals surface area contributed by atoms with Crippen molar-refractivity contribution in [3.63, 3.8) is 0 Å². The highest BCUT2D eigenvalue weighted by Gasteiger charge is 2.25. The number of hydrogen-bond donors (Lipinski definition) is 1. The number of halogens is 4. The number of amides is 2. The predicted octanol–water partition coefficient (Wildman–Crippen LogP) is 1.65. The molecule has 23 heavy (non-hydrogen) atoms. The first kappa shape index (κ1) is 19.8. The zero-order valence-corrected chi connectivity index (χ0v) is 14.8. The van der Waals surface area contributed by atoms with Crippen LogP contribution in [0.4, 0.5) is 8.78 Å². The summed E-state index contributed by atoms with van der Waals surface area (Å²) >= 11 is 2.95. The number of piperazine rings is 1. The maximum atomic E-state index is 13.8. The van der Waals surface area contributed by atoms with Crippen molar-refractivity contribution in [3.05, 3.63) is 33.8 Å². The van der Waals surface area contributed by atoms with Gasteiger partial charge in [0.15, 0.2) is 0 Å². The summed E-state index contributed by atoms with van der Waals surface area (Å²) in [7, 11) is 1.35. The van der Waals surface area contributed by atoms with Crippen LogP contribution < -0.4 is 5.32 Å². The lowest BCUT2D eigenvalue weighted by Crippen LogP contribution is -2.49. The van der Waals surface area contributed by atoms with Gasteiger partial charge in [-0.1, -0.05) is 15.9 Å². The maximum absolute atomic E-state index is 13.8. The molecule has 1 N–H and O–H groups in total. The molecule has 1 aromatic rings. The molecule has 128 valence electrons. The fraction of sp³-hybridized carbons (Fsp3) is 0.429. The van der Waals surface area contributed by atoms with Crippen LogP contribution in [0.5, 0.6) is 0 Å². The zero-order chi connectivity index (χ0) is 16.3. The molecule has 1 saturated heterocycles. The lowest BCUT2D eigenvalue weighted by Gasteiger charge is -2.29. The number of rotatable bonds is 3. The van der Waals surface area contributed by atoms with Crippen LogP contribution in [0.2, 0.25) is 0 Å². The van der Waals surface area contributed by atoms with Crippen molar-refractivity contribution in [2.75, 3.05) is 39.8 Å². The molecule has 0 bridgehead atoms. The molecule has 0 radical (unpaired) electrons. The fourth-order valence-electron chi connectivity index (χ4n) is 2.23. The summed E-state index contributed by atoms with van der Waals surface area (Å²) in [4.78, 5) is 26.9. The number of carbonyl (C=O) groups excluding carboxylic acids is 2. The topological polar surface area (TPSA) is 52.7 Å². The van der Waals surface area contributed by atoms with E-state index in [-0.39, 0.29) is 29.3 Å². The Labute approximate surface area is 147 Å². The summed E-state index contributed by atoms with van der Waals surface area (Å²) in [6.45, 7) is 2.29. The number of likely N-dealkylation sites (N-methyl/N-ethyl adjacent to an activating group) is 1. The molecule has 2 rings (SSSR count). The van der Waals surface area contributed by atoms with E-state index in [1.54, 1.807) is 4.90 Å². The lowest BCUT2D eigenvalue weighted by atomic mass is 10.1. The highest BCUT2D eigenvalue weighted by Crippen LogP contribution is 2.20. The Bertz CT molecular complexity index is 574. The number of benzene rings is 1. The Hall–Kier alpha value is -1.25. The Morgan fingerprint density at radius 3 is 2.30 bits per heavy atom. The van der Waals surface area contributed by atoms with E-state index < -0.39 is 23.1 Å². The minimum absolute atomic E-state index is 0. The van der Waals surface area contributed by atoms with E-state index in [1.807, 2.05) is 0 Å². The first-order valence-corrected chi connectivity index (χ1v) is 7.58. The van der Waals surface area contributed by atoms with Gasteiger partial charge in [-0.2, -0.15) is 0 Å². The second-order valence-electron chi connectivity index (χ2n) is 5.04. The van der Waals surface area contributed by atoms with Gasteiger partial charge in [0.2, 0.25) is 5.91 Å². The standard InChI is InChI=1S/C14H16BrF2N3O2.ClH/c1-19(8-12(21)20-4-2-18-3-5-20)14(22)13-10(16)6-9(15)7-11(13)17;/h6-7,18H,2-5,8H2,1H3;1H. The molecule has 1 aliphatic rings. The average Bonchev–Trinajstić information content (AvgIpc) is 2.46. The number of carbonyl (C=O) groups is 2. The number of hydrogen-bond acceptors (Lipinski definition) is 3. The molecule has 5 nitrogen and oxygen atoms in total. The van der Waals surface area contributed by atoms with Gasteiger partial charge < -0.3 is 15.1 Å². The molecule has 0 aromatic heterocycles. The van der Waals surface area contributed by atoms with E-state index in [1.165, 1.54) is 7.05 Å². The van der Waals surface area contributed by atoms with E-state index >= 15 is 0 Å². The third-order valence-electron chi connectivity index (χ3n) is 3.41. The third kappa shape index (κ3) is 4.86. The van der Waals surface area contributed by atoms with Crippen LogP contribution in [0.25, 0.3) is 0 Å². The van der Waals surface area contributed by atoms with Crippen LogP contribution in [0.1, 0.15) is 10.4 Å². The van der Waals surface area contributed by atoms with Crippen molar-refractivity contribution < 1.29 is 18.4 Å². The van der Waals surface area contributed by atoms with E-state index in [9.17, 15) is 18.4 Å². The van der Waals surface area contributed by atoms with Crippen molar-refractivity contribution >= 4 is 40.2 Å². The van der Waals surface area contributed by atoms with E-state index in [0.29, 0.717) is 26.2 Å². The maximum Gasteiger partial charge on any atom is 0.260 e. The number of nitrogens with one attached hydrogen (secondary N) is 1. The van der Waals surface area contributed by atoms with Gasteiger partial charge in [0.1, 0.15) is 17.2 Å². The SMILES string of the molecule is CN(CC(=O)N1CCNCC1)C(=O)c1c(F)cc(Br)cc1F.Cl. The largest absolute Gasteiger partial charge is 0.339 e. The normalized spacial score (nSPS) is 14.2. The molecular formula is C14H17BrClF2N3O2. The van der Waals surface area contributed by atoms with Crippen molar-refractivity contribution in [2.45, 2.75) is 0 Å². The molecule has 0 saturated carbocycles. The summed E-state index contributed by atoms with van der Waals surface area (Å²) < 4.78 is 27.8. The molecule has 1 aromatic carbocycles. The van der Waals surface area contributed by atoms with Crippen LogP contribution >= 0.6 is 28.3 Å². The van der Waals surface area contributed by atoms with Gasteiger partial charge in [-0.15, -0.1) is 12.4 Å². The number of nitrogens with zero attached hydrogens (tertiary/aromatic N) is 2. The molecule has 0 unspecified atom stereocenters. The molecule has 0 atom stereocenters. The van der Waals surface area contributed by atoms with Crippen LogP contribution in [0.15, 0.2) is 16.6 Å². The van der Waals surface area contributed by atoms with Crippen LogP contribution in [-0.4, -0.2) is 61.4 Å². The van der Waals surface area contributed by atoms with Crippen molar-refractivity contribution in [2.24, 2.45) is 0 Å². The molecule has 1 heterocycles. The summed E-state index contributed by atoms with van der Waals surface area (Å²) in [6, 6.07) is 2.03. The monoisotopic (exact) mass is 411 g/mol. The van der Waals surface area contributed by atoms with Gasteiger partial charge in [-0.05, 0) is 12.1 Å². The highest BCUT2D eigenvalue weighted by molar-refractivity contribution is 9.10. The fourth-order valence-corrected chi connectivity index (χ4v) is 2.63. The minimum Gasteiger partial charge on any atom is -0.339 e.